The van der Waals surface area contributed by atoms with Crippen LogP contribution in [0.2, 0.25) is 0 Å². The van der Waals surface area contributed by atoms with Crippen LogP contribution in [-0.4, -0.2) is 22.9 Å². The number of carbonyl (C=O) groups is 1. The number of ether oxygens (including phenoxy) is 2. The predicted octanol–water partition coefficient (Wildman–Crippen LogP) is 2.33. The number of hydrogen-bond acceptors (Lipinski definition) is 4. The van der Waals surface area contributed by atoms with Gasteiger partial charge in [0.05, 0.1) is 12.8 Å². The maximum absolute atomic E-state index is 10.6. The minimum atomic E-state index is -1.06. The Hall–Kier alpha value is -2.40. The third-order valence-corrected chi connectivity index (χ3v) is 2.38. The Morgan fingerprint density at radius 3 is 2.58 bits per heavy atom. The lowest BCUT2D eigenvalue weighted by atomic mass is 10.2. The van der Waals surface area contributed by atoms with E-state index >= 15 is 0 Å². The number of nitrogens with zero attached hydrogens (tertiary/aromatic N) is 1. The zero-order valence-corrected chi connectivity index (χ0v) is 10.2. The number of benzene rings is 1. The molecule has 0 radical (unpaired) electrons. The van der Waals surface area contributed by atoms with E-state index in [2.05, 4.69) is 4.98 Å². The van der Waals surface area contributed by atoms with Gasteiger partial charge in [0.1, 0.15) is 11.4 Å². The molecule has 0 fully saturated rings. The fourth-order valence-corrected chi connectivity index (χ4v) is 1.44. The van der Waals surface area contributed by atoms with Gasteiger partial charge in [-0.05, 0) is 17.7 Å². The molecular formula is C14H13NO4. The summed E-state index contributed by atoms with van der Waals surface area (Å²) in [6.07, 6.45) is 1.36. The molecule has 0 saturated carbocycles. The van der Waals surface area contributed by atoms with Crippen molar-refractivity contribution in [3.8, 4) is 5.75 Å². The molecule has 1 aromatic heterocycles. The van der Waals surface area contributed by atoms with Gasteiger partial charge in [-0.15, -0.1) is 0 Å². The monoisotopic (exact) mass is 259 g/mol. The Morgan fingerprint density at radius 2 is 1.95 bits per heavy atom. The topological polar surface area (TPSA) is 68.7 Å². The molecule has 1 N–H and O–H groups in total. The molecule has 1 aromatic carbocycles. The number of aromatic nitrogens is 1. The van der Waals surface area contributed by atoms with Gasteiger partial charge in [-0.25, -0.2) is 9.78 Å². The zero-order chi connectivity index (χ0) is 13.5. The first-order valence-corrected chi connectivity index (χ1v) is 5.69. The lowest BCUT2D eigenvalue weighted by molar-refractivity contribution is 0.00484. The summed E-state index contributed by atoms with van der Waals surface area (Å²) in [6.45, 7) is 0.546. The van der Waals surface area contributed by atoms with E-state index in [1.807, 2.05) is 30.3 Å². The molecule has 5 heteroatoms. The van der Waals surface area contributed by atoms with Crippen molar-refractivity contribution in [3.63, 3.8) is 0 Å². The summed E-state index contributed by atoms with van der Waals surface area (Å²) < 4.78 is 10.6. The molecule has 19 heavy (non-hydrogen) atoms. The van der Waals surface area contributed by atoms with Crippen molar-refractivity contribution in [3.05, 3.63) is 59.9 Å². The fraction of sp³-hybridized carbons (Fsp3) is 0.143. The lowest BCUT2D eigenvalue weighted by Crippen LogP contribution is -2.04. The van der Waals surface area contributed by atoms with Gasteiger partial charge in [-0.1, -0.05) is 30.3 Å². The van der Waals surface area contributed by atoms with Gasteiger partial charge in [0, 0.05) is 0 Å². The minimum Gasteiger partial charge on any atom is -0.477 e. The normalized spacial score (nSPS) is 10.1. The van der Waals surface area contributed by atoms with Gasteiger partial charge in [0.25, 0.3) is 0 Å². The average molecular weight is 259 g/mol. The van der Waals surface area contributed by atoms with Gasteiger partial charge >= 0.3 is 5.97 Å². The van der Waals surface area contributed by atoms with Crippen molar-refractivity contribution < 1.29 is 19.4 Å². The van der Waals surface area contributed by atoms with Crippen LogP contribution < -0.4 is 4.74 Å². The van der Waals surface area contributed by atoms with Crippen LogP contribution in [0.25, 0.3) is 0 Å². The summed E-state index contributed by atoms with van der Waals surface area (Å²) in [7, 11) is 0. The van der Waals surface area contributed by atoms with E-state index in [9.17, 15) is 4.79 Å². The Labute approximate surface area is 110 Å². The number of rotatable bonds is 6. The molecule has 0 spiro atoms. The Kier molecular flexibility index (Phi) is 4.47. The number of hydrogen-bond donors (Lipinski definition) is 1. The van der Waals surface area contributed by atoms with E-state index < -0.39 is 5.97 Å². The summed E-state index contributed by atoms with van der Waals surface area (Å²) >= 11 is 0. The highest BCUT2D eigenvalue weighted by Crippen LogP contribution is 2.09. The molecule has 1 heterocycles. The van der Waals surface area contributed by atoms with Crippen LogP contribution >= 0.6 is 0 Å². The van der Waals surface area contributed by atoms with Gasteiger partial charge in [-0.3, -0.25) is 0 Å². The van der Waals surface area contributed by atoms with Crippen LogP contribution in [0.4, 0.5) is 0 Å². The molecule has 0 aliphatic heterocycles. The third kappa shape index (κ3) is 4.08. The smallest absolute Gasteiger partial charge is 0.354 e. The Balaban J connectivity index is 1.75. The van der Waals surface area contributed by atoms with E-state index in [4.69, 9.17) is 14.6 Å². The maximum atomic E-state index is 10.6. The summed E-state index contributed by atoms with van der Waals surface area (Å²) in [6, 6.07) is 12.7. The van der Waals surface area contributed by atoms with Crippen LogP contribution in [0.15, 0.2) is 48.7 Å². The van der Waals surface area contributed by atoms with Crippen LogP contribution in [0.5, 0.6) is 5.75 Å². The van der Waals surface area contributed by atoms with Gasteiger partial charge < -0.3 is 14.6 Å². The quantitative estimate of drug-likeness (QED) is 0.637. The number of aromatic carboxylic acids is 1. The summed E-state index contributed by atoms with van der Waals surface area (Å²) in [4.78, 5) is 14.3. The Bertz CT molecular complexity index is 525. The number of carboxylic acids is 1. The van der Waals surface area contributed by atoms with E-state index in [1.165, 1.54) is 12.3 Å². The van der Waals surface area contributed by atoms with Crippen LogP contribution in [0.1, 0.15) is 16.1 Å². The standard InChI is InChI=1S/C14H13NO4/c16-14(17)13-7-6-12(8-15-13)19-10-18-9-11-4-2-1-3-5-11/h1-8H,9-10H2,(H,16,17). The molecular weight excluding hydrogens is 246 g/mol. The fourth-order valence-electron chi connectivity index (χ4n) is 1.44. The highest BCUT2D eigenvalue weighted by molar-refractivity contribution is 5.85. The first kappa shape index (κ1) is 13.0. The molecule has 0 atom stereocenters. The predicted molar refractivity (Wildman–Crippen MR) is 67.9 cm³/mol. The van der Waals surface area contributed by atoms with Gasteiger partial charge in [0.15, 0.2) is 6.79 Å². The molecule has 0 unspecified atom stereocenters. The molecule has 0 saturated heterocycles. The number of carboxylic acid groups (broad SMARTS) is 1. The van der Waals surface area contributed by atoms with Crippen LogP contribution in [-0.2, 0) is 11.3 Å². The first-order valence-electron chi connectivity index (χ1n) is 5.69. The van der Waals surface area contributed by atoms with E-state index in [1.54, 1.807) is 6.07 Å². The second-order valence-corrected chi connectivity index (χ2v) is 3.78. The lowest BCUT2D eigenvalue weighted by Gasteiger charge is -2.07. The van der Waals surface area contributed by atoms with Crippen molar-refractivity contribution in [2.45, 2.75) is 6.61 Å². The average Bonchev–Trinajstić information content (AvgIpc) is 2.45. The maximum Gasteiger partial charge on any atom is 0.354 e. The molecule has 0 aliphatic carbocycles. The first-order chi connectivity index (χ1) is 9.25. The molecule has 2 aromatic rings. The van der Waals surface area contributed by atoms with Gasteiger partial charge in [-0.2, -0.15) is 0 Å². The summed E-state index contributed by atoms with van der Waals surface area (Å²) in [5, 5.41) is 8.69. The summed E-state index contributed by atoms with van der Waals surface area (Å²) in [5.74, 6) is -0.593. The molecule has 5 nitrogen and oxygen atoms in total. The SMILES string of the molecule is O=C(O)c1ccc(OCOCc2ccccc2)cn1. The third-order valence-electron chi connectivity index (χ3n) is 2.38. The van der Waals surface area contributed by atoms with Crippen molar-refractivity contribution in [1.82, 2.24) is 4.98 Å². The summed E-state index contributed by atoms with van der Waals surface area (Å²) in [5.41, 5.74) is 1.04. The van der Waals surface area contributed by atoms with Crippen molar-refractivity contribution in [1.29, 1.82) is 0 Å². The van der Waals surface area contributed by atoms with E-state index in [-0.39, 0.29) is 12.5 Å². The molecule has 0 amide bonds. The van der Waals surface area contributed by atoms with Crippen LogP contribution in [0, 0.1) is 0 Å². The van der Waals surface area contributed by atoms with Crippen molar-refractivity contribution in [2.24, 2.45) is 0 Å². The van der Waals surface area contributed by atoms with Crippen LogP contribution in [0.3, 0.4) is 0 Å². The molecule has 98 valence electrons. The van der Waals surface area contributed by atoms with E-state index in [0.717, 1.165) is 5.56 Å². The van der Waals surface area contributed by atoms with Crippen molar-refractivity contribution in [2.75, 3.05) is 6.79 Å². The molecule has 0 bridgehead atoms. The van der Waals surface area contributed by atoms with Gasteiger partial charge in [0.2, 0.25) is 0 Å². The Morgan fingerprint density at radius 1 is 1.16 bits per heavy atom. The highest BCUT2D eigenvalue weighted by atomic mass is 16.7. The highest BCUT2D eigenvalue weighted by Gasteiger charge is 2.03. The minimum absolute atomic E-state index is 0.0162. The number of pyridine rings is 1. The molecule has 2 rings (SSSR count). The molecule has 0 aliphatic rings. The zero-order valence-electron chi connectivity index (χ0n) is 10.2. The van der Waals surface area contributed by atoms with E-state index in [0.29, 0.717) is 12.4 Å². The second-order valence-electron chi connectivity index (χ2n) is 3.78. The second kappa shape index (κ2) is 6.51. The van der Waals surface area contributed by atoms with Crippen molar-refractivity contribution >= 4 is 5.97 Å². The largest absolute Gasteiger partial charge is 0.477 e.